The normalized spacial score (nSPS) is 11.2. The molecule has 0 bridgehead atoms. The molecular weight excluding hydrogens is 483 g/mol. The lowest BCUT2D eigenvalue weighted by Gasteiger charge is -2.13. The average Bonchev–Trinajstić information content (AvgIpc) is 3.35. The first-order chi connectivity index (χ1) is 16.6. The van der Waals surface area contributed by atoms with Crippen LogP contribution < -0.4 is 10.6 Å². The molecule has 0 saturated heterocycles. The number of halogens is 4. The first kappa shape index (κ1) is 24.0. The Labute approximate surface area is 202 Å². The fourth-order valence-electron chi connectivity index (χ4n) is 3.25. The van der Waals surface area contributed by atoms with Crippen LogP contribution in [0.4, 0.5) is 24.5 Å². The number of amides is 2. The van der Waals surface area contributed by atoms with Crippen molar-refractivity contribution < 1.29 is 22.8 Å². The van der Waals surface area contributed by atoms with Gasteiger partial charge in [-0.1, -0.05) is 11.6 Å². The molecule has 0 spiro atoms. The number of nitrogens with zero attached hydrogens (tertiary/aromatic N) is 3. The summed E-state index contributed by atoms with van der Waals surface area (Å²) >= 11 is 6.21. The van der Waals surface area contributed by atoms with Crippen LogP contribution in [-0.2, 0) is 6.18 Å². The van der Waals surface area contributed by atoms with Gasteiger partial charge in [0.05, 0.1) is 28.3 Å². The van der Waals surface area contributed by atoms with Gasteiger partial charge in [-0.25, -0.2) is 9.97 Å². The van der Waals surface area contributed by atoms with Crippen molar-refractivity contribution in [2.24, 2.45) is 0 Å². The number of alkyl halides is 3. The van der Waals surface area contributed by atoms with E-state index in [9.17, 15) is 22.8 Å². The molecule has 7 nitrogen and oxygen atoms in total. The molecule has 35 heavy (non-hydrogen) atoms. The van der Waals surface area contributed by atoms with Gasteiger partial charge in [-0.05, 0) is 61.5 Å². The highest BCUT2D eigenvalue weighted by Gasteiger charge is 2.33. The van der Waals surface area contributed by atoms with Crippen molar-refractivity contribution in [2.45, 2.75) is 13.1 Å². The number of anilines is 2. The van der Waals surface area contributed by atoms with Crippen molar-refractivity contribution in [3.63, 3.8) is 0 Å². The predicted octanol–water partition coefficient (Wildman–Crippen LogP) is 5.75. The summed E-state index contributed by atoms with van der Waals surface area (Å²) in [5.41, 5.74) is 0.567. The molecule has 0 saturated carbocycles. The van der Waals surface area contributed by atoms with Crippen LogP contribution >= 0.6 is 11.6 Å². The lowest BCUT2D eigenvalue weighted by molar-refractivity contribution is -0.141. The molecule has 2 heterocycles. The number of hydrogen-bond donors (Lipinski definition) is 2. The largest absolute Gasteiger partial charge is 0.433 e. The van der Waals surface area contributed by atoms with Crippen molar-refractivity contribution in [1.29, 1.82) is 0 Å². The molecule has 4 aromatic rings. The number of pyridine rings is 1. The van der Waals surface area contributed by atoms with Gasteiger partial charge in [0, 0.05) is 29.3 Å². The number of imidazole rings is 1. The number of carbonyl (C=O) groups is 2. The average molecular weight is 500 g/mol. The zero-order valence-electron chi connectivity index (χ0n) is 18.1. The summed E-state index contributed by atoms with van der Waals surface area (Å²) in [6.07, 6.45) is 0.445. The summed E-state index contributed by atoms with van der Waals surface area (Å²) in [6.45, 7) is 1.32. The zero-order valence-corrected chi connectivity index (χ0v) is 18.9. The lowest BCUT2D eigenvalue weighted by atomic mass is 10.1. The lowest BCUT2D eigenvalue weighted by Crippen LogP contribution is -2.17. The van der Waals surface area contributed by atoms with E-state index in [-0.39, 0.29) is 27.7 Å². The molecule has 178 valence electrons. The minimum Gasteiger partial charge on any atom is -0.322 e. The summed E-state index contributed by atoms with van der Waals surface area (Å²) in [5, 5.41) is 5.51. The molecule has 11 heteroatoms. The molecule has 4 rings (SSSR count). The van der Waals surface area contributed by atoms with E-state index in [2.05, 4.69) is 20.6 Å². The molecule has 0 unspecified atom stereocenters. The van der Waals surface area contributed by atoms with Crippen LogP contribution in [0.5, 0.6) is 0 Å². The van der Waals surface area contributed by atoms with Crippen molar-refractivity contribution in [1.82, 2.24) is 14.5 Å². The second-order valence-corrected chi connectivity index (χ2v) is 7.85. The third-order valence-electron chi connectivity index (χ3n) is 5.03. The first-order valence-electron chi connectivity index (χ1n) is 10.2. The summed E-state index contributed by atoms with van der Waals surface area (Å²) < 4.78 is 40.3. The number of hydrogen-bond acceptors (Lipinski definition) is 4. The summed E-state index contributed by atoms with van der Waals surface area (Å²) in [6, 6.07) is 13.0. The molecular formula is C24H17ClF3N5O2. The molecule has 2 aromatic heterocycles. The van der Waals surface area contributed by atoms with Crippen molar-refractivity contribution in [3.05, 3.63) is 101 Å². The van der Waals surface area contributed by atoms with Gasteiger partial charge in [0.2, 0.25) is 0 Å². The molecule has 0 aliphatic heterocycles. The second-order valence-electron chi connectivity index (χ2n) is 7.45. The first-order valence-corrected chi connectivity index (χ1v) is 10.5. The SMILES string of the molecule is Cc1nc(C(F)(F)F)ccc1C(=O)Nc1ccc(Cl)c(NC(=O)c2ccc(-n3ccnc3)cc2)c1. The molecule has 0 aliphatic carbocycles. The number of aromatic nitrogens is 3. The maximum absolute atomic E-state index is 12.8. The molecule has 0 fully saturated rings. The highest BCUT2D eigenvalue weighted by Crippen LogP contribution is 2.29. The summed E-state index contributed by atoms with van der Waals surface area (Å²) in [5.74, 6) is -1.08. The molecule has 2 N–H and O–H groups in total. The van der Waals surface area contributed by atoms with E-state index < -0.39 is 23.7 Å². The quantitative estimate of drug-likeness (QED) is 0.366. The number of rotatable bonds is 5. The topological polar surface area (TPSA) is 88.9 Å². The van der Waals surface area contributed by atoms with Gasteiger partial charge in [-0.15, -0.1) is 0 Å². The van der Waals surface area contributed by atoms with E-state index in [0.29, 0.717) is 5.56 Å². The molecule has 0 atom stereocenters. The Hall–Kier alpha value is -4.18. The summed E-state index contributed by atoms with van der Waals surface area (Å²) in [7, 11) is 0. The number of aryl methyl sites for hydroxylation is 1. The standard InChI is InChI=1S/C24H17ClF3N5O2/c1-14-18(7-9-21(30-14)24(26,27)28)23(35)31-16-4-8-19(25)20(12-16)32-22(34)15-2-5-17(6-3-15)33-11-10-29-13-33/h2-13H,1H3,(H,31,35)(H,32,34). The Bertz CT molecular complexity index is 1390. The molecule has 0 radical (unpaired) electrons. The smallest absolute Gasteiger partial charge is 0.322 e. The van der Waals surface area contributed by atoms with Gasteiger partial charge in [-0.3, -0.25) is 9.59 Å². The highest BCUT2D eigenvalue weighted by atomic mass is 35.5. The van der Waals surface area contributed by atoms with Gasteiger partial charge in [-0.2, -0.15) is 13.2 Å². The second kappa shape index (κ2) is 9.59. The van der Waals surface area contributed by atoms with Gasteiger partial charge < -0.3 is 15.2 Å². The maximum atomic E-state index is 12.8. The van der Waals surface area contributed by atoms with E-state index in [4.69, 9.17) is 11.6 Å². The zero-order chi connectivity index (χ0) is 25.2. The van der Waals surface area contributed by atoms with Crippen LogP contribution in [0.3, 0.4) is 0 Å². The maximum Gasteiger partial charge on any atom is 0.433 e. The third kappa shape index (κ3) is 5.49. The summed E-state index contributed by atoms with van der Waals surface area (Å²) in [4.78, 5) is 32.7. The van der Waals surface area contributed by atoms with Gasteiger partial charge >= 0.3 is 6.18 Å². The monoisotopic (exact) mass is 499 g/mol. The van der Waals surface area contributed by atoms with Crippen LogP contribution in [0.1, 0.15) is 32.1 Å². The van der Waals surface area contributed by atoms with Crippen LogP contribution in [-0.4, -0.2) is 26.3 Å². The Morgan fingerprint density at radius 2 is 1.71 bits per heavy atom. The highest BCUT2D eigenvalue weighted by molar-refractivity contribution is 6.34. The Morgan fingerprint density at radius 1 is 0.971 bits per heavy atom. The Balaban J connectivity index is 1.48. The molecule has 2 aromatic carbocycles. The van der Waals surface area contributed by atoms with Gasteiger partial charge in [0.25, 0.3) is 11.8 Å². The van der Waals surface area contributed by atoms with Crippen molar-refractivity contribution in [2.75, 3.05) is 10.6 Å². The van der Waals surface area contributed by atoms with E-state index in [1.165, 1.54) is 25.1 Å². The van der Waals surface area contributed by atoms with Gasteiger partial charge in [0.15, 0.2) is 0 Å². The van der Waals surface area contributed by atoms with Crippen LogP contribution in [0, 0.1) is 6.92 Å². The van der Waals surface area contributed by atoms with E-state index in [1.54, 1.807) is 47.6 Å². The third-order valence-corrected chi connectivity index (χ3v) is 5.35. The van der Waals surface area contributed by atoms with Crippen LogP contribution in [0.2, 0.25) is 5.02 Å². The molecule has 2 amide bonds. The fraction of sp³-hybridized carbons (Fsp3) is 0.0833. The van der Waals surface area contributed by atoms with Gasteiger partial charge in [0.1, 0.15) is 5.69 Å². The Morgan fingerprint density at radius 3 is 2.34 bits per heavy atom. The van der Waals surface area contributed by atoms with E-state index in [1.807, 2.05) is 0 Å². The minimum atomic E-state index is -4.61. The number of benzene rings is 2. The van der Waals surface area contributed by atoms with E-state index in [0.717, 1.165) is 17.8 Å². The molecule has 0 aliphatic rings. The predicted molar refractivity (Wildman–Crippen MR) is 125 cm³/mol. The number of nitrogens with one attached hydrogen (secondary N) is 2. The van der Waals surface area contributed by atoms with Crippen LogP contribution in [0.25, 0.3) is 5.69 Å². The van der Waals surface area contributed by atoms with Crippen molar-refractivity contribution in [3.8, 4) is 5.69 Å². The minimum absolute atomic E-state index is 0.0171. The fourth-order valence-corrected chi connectivity index (χ4v) is 3.41. The van der Waals surface area contributed by atoms with Crippen LogP contribution in [0.15, 0.2) is 73.3 Å². The Kier molecular flexibility index (Phi) is 6.57. The van der Waals surface area contributed by atoms with E-state index >= 15 is 0 Å². The van der Waals surface area contributed by atoms with Crippen molar-refractivity contribution >= 4 is 34.8 Å². The number of carbonyl (C=O) groups excluding carboxylic acids is 2.